The molecule has 4 heteroatoms. The molecule has 0 atom stereocenters. The van der Waals surface area contributed by atoms with Crippen LogP contribution in [-0.2, 0) is 14.3 Å². The van der Waals surface area contributed by atoms with E-state index in [2.05, 4.69) is 0 Å². The van der Waals surface area contributed by atoms with E-state index < -0.39 is 11.9 Å². The number of carboxylic acids is 1. The Labute approximate surface area is 77.2 Å². The van der Waals surface area contributed by atoms with Gasteiger partial charge in [0.1, 0.15) is 0 Å². The van der Waals surface area contributed by atoms with Gasteiger partial charge in [-0.25, -0.2) is 9.59 Å². The van der Waals surface area contributed by atoms with E-state index in [4.69, 9.17) is 9.84 Å². The van der Waals surface area contributed by atoms with E-state index in [1.807, 2.05) is 6.92 Å². The van der Waals surface area contributed by atoms with Gasteiger partial charge in [0.2, 0.25) is 0 Å². The molecule has 0 aliphatic rings. The summed E-state index contributed by atoms with van der Waals surface area (Å²) >= 11 is 0. The molecule has 13 heavy (non-hydrogen) atoms. The van der Waals surface area contributed by atoms with Crippen LogP contribution >= 0.6 is 0 Å². The maximum atomic E-state index is 10.9. The smallest absolute Gasteiger partial charge is 0.331 e. The number of carboxylic acid groups (broad SMARTS) is 1. The summed E-state index contributed by atoms with van der Waals surface area (Å²) in [5, 5.41) is 8.43. The minimum absolute atomic E-state index is 0.0125. The van der Waals surface area contributed by atoms with Crippen LogP contribution in [0.3, 0.4) is 0 Å². The molecule has 0 spiro atoms. The summed E-state index contributed by atoms with van der Waals surface area (Å²) in [6.07, 6.45) is 2.72. The number of carbonyl (C=O) groups excluding carboxylic acids is 1. The van der Waals surface area contributed by atoms with E-state index in [0.29, 0.717) is 6.61 Å². The maximum absolute atomic E-state index is 10.9. The lowest BCUT2D eigenvalue weighted by Gasteiger charge is -1.99. The molecule has 0 radical (unpaired) electrons. The van der Waals surface area contributed by atoms with Gasteiger partial charge in [0, 0.05) is 11.6 Å². The Morgan fingerprint density at radius 1 is 1.46 bits per heavy atom. The van der Waals surface area contributed by atoms with Crippen molar-refractivity contribution in [3.63, 3.8) is 0 Å². The summed E-state index contributed by atoms with van der Waals surface area (Å²) < 4.78 is 4.72. The van der Waals surface area contributed by atoms with Gasteiger partial charge in [-0.1, -0.05) is 13.3 Å². The predicted molar refractivity (Wildman–Crippen MR) is 47.3 cm³/mol. The molecule has 0 amide bonds. The zero-order chi connectivity index (χ0) is 10.3. The Morgan fingerprint density at radius 3 is 2.54 bits per heavy atom. The molecule has 0 saturated carbocycles. The number of hydrogen-bond donors (Lipinski definition) is 1. The van der Waals surface area contributed by atoms with E-state index in [1.165, 1.54) is 6.92 Å². The van der Waals surface area contributed by atoms with Crippen molar-refractivity contribution >= 4 is 11.9 Å². The lowest BCUT2D eigenvalue weighted by atomic mass is 10.3. The number of unbranched alkanes of at least 4 members (excludes halogenated alkanes) is 1. The lowest BCUT2D eigenvalue weighted by Crippen LogP contribution is -2.05. The molecule has 0 heterocycles. The summed E-state index contributed by atoms with van der Waals surface area (Å²) in [4.78, 5) is 21.2. The van der Waals surface area contributed by atoms with E-state index in [9.17, 15) is 9.59 Å². The first-order valence-electron chi connectivity index (χ1n) is 4.16. The fourth-order valence-electron chi connectivity index (χ4n) is 0.597. The van der Waals surface area contributed by atoms with Gasteiger partial charge < -0.3 is 9.84 Å². The van der Waals surface area contributed by atoms with Crippen LogP contribution in [0.1, 0.15) is 26.7 Å². The highest BCUT2D eigenvalue weighted by Crippen LogP contribution is 1.95. The third kappa shape index (κ3) is 5.90. The molecule has 0 aromatic heterocycles. The van der Waals surface area contributed by atoms with Gasteiger partial charge in [-0.15, -0.1) is 0 Å². The van der Waals surface area contributed by atoms with Crippen LogP contribution in [0.2, 0.25) is 0 Å². The molecule has 74 valence electrons. The zero-order valence-corrected chi connectivity index (χ0v) is 7.87. The summed E-state index contributed by atoms with van der Waals surface area (Å²) in [5.41, 5.74) is -0.0125. The first-order valence-corrected chi connectivity index (χ1v) is 4.16. The van der Waals surface area contributed by atoms with Crippen molar-refractivity contribution in [1.82, 2.24) is 0 Å². The molecule has 0 bridgehead atoms. The SMILES string of the molecule is CCCCOC(=O)/C=C(\C)C(=O)O. The number of carbonyl (C=O) groups is 2. The van der Waals surface area contributed by atoms with Gasteiger partial charge in [-0.3, -0.25) is 0 Å². The van der Waals surface area contributed by atoms with Crippen LogP contribution in [0.5, 0.6) is 0 Å². The summed E-state index contributed by atoms with van der Waals surface area (Å²) in [6, 6.07) is 0. The molecular formula is C9H14O4. The zero-order valence-electron chi connectivity index (χ0n) is 7.87. The summed E-state index contributed by atoms with van der Waals surface area (Å²) in [5.74, 6) is -1.69. The first-order chi connectivity index (χ1) is 6.07. The number of aliphatic carboxylic acids is 1. The molecule has 0 unspecified atom stereocenters. The molecular weight excluding hydrogens is 172 g/mol. The highest BCUT2D eigenvalue weighted by molar-refractivity contribution is 5.94. The van der Waals surface area contributed by atoms with Crippen molar-refractivity contribution in [2.24, 2.45) is 0 Å². The van der Waals surface area contributed by atoms with Gasteiger partial charge in [0.05, 0.1) is 6.61 Å². The van der Waals surface area contributed by atoms with Crippen molar-refractivity contribution < 1.29 is 19.4 Å². The molecule has 0 aromatic carbocycles. The molecule has 0 fully saturated rings. The van der Waals surface area contributed by atoms with Crippen molar-refractivity contribution in [3.8, 4) is 0 Å². The molecule has 0 aliphatic carbocycles. The van der Waals surface area contributed by atoms with Crippen LogP contribution in [-0.4, -0.2) is 23.7 Å². The van der Waals surface area contributed by atoms with Crippen molar-refractivity contribution in [2.45, 2.75) is 26.7 Å². The van der Waals surface area contributed by atoms with Crippen LogP contribution in [0, 0.1) is 0 Å². The minimum atomic E-state index is -1.10. The third-order valence-corrected chi connectivity index (χ3v) is 1.41. The standard InChI is InChI=1S/C9H14O4/c1-3-4-5-13-8(10)6-7(2)9(11)12/h6H,3-5H2,1-2H3,(H,11,12)/b7-6+. The Kier molecular flexibility index (Phi) is 5.59. The van der Waals surface area contributed by atoms with Gasteiger partial charge in [0.15, 0.2) is 0 Å². The second kappa shape index (κ2) is 6.22. The van der Waals surface area contributed by atoms with Crippen LogP contribution in [0.15, 0.2) is 11.6 Å². The van der Waals surface area contributed by atoms with Crippen molar-refractivity contribution in [2.75, 3.05) is 6.61 Å². The van der Waals surface area contributed by atoms with E-state index in [-0.39, 0.29) is 5.57 Å². The topological polar surface area (TPSA) is 63.6 Å². The fourth-order valence-corrected chi connectivity index (χ4v) is 0.597. The predicted octanol–water partition coefficient (Wildman–Crippen LogP) is 1.36. The molecule has 1 N–H and O–H groups in total. The average molecular weight is 186 g/mol. The number of hydrogen-bond acceptors (Lipinski definition) is 3. The Morgan fingerprint density at radius 2 is 2.08 bits per heavy atom. The fraction of sp³-hybridized carbons (Fsp3) is 0.556. The van der Waals surface area contributed by atoms with E-state index in [0.717, 1.165) is 18.9 Å². The molecule has 4 nitrogen and oxygen atoms in total. The largest absolute Gasteiger partial charge is 0.478 e. The van der Waals surface area contributed by atoms with Crippen LogP contribution < -0.4 is 0 Å². The molecule has 0 aromatic rings. The Hall–Kier alpha value is -1.32. The van der Waals surface area contributed by atoms with E-state index in [1.54, 1.807) is 0 Å². The summed E-state index contributed by atoms with van der Waals surface area (Å²) in [7, 11) is 0. The van der Waals surface area contributed by atoms with Crippen molar-refractivity contribution in [1.29, 1.82) is 0 Å². The minimum Gasteiger partial charge on any atom is -0.478 e. The number of esters is 1. The highest BCUT2D eigenvalue weighted by Gasteiger charge is 2.04. The Bertz CT molecular complexity index is 218. The monoisotopic (exact) mass is 186 g/mol. The van der Waals surface area contributed by atoms with Gasteiger partial charge in [0.25, 0.3) is 0 Å². The van der Waals surface area contributed by atoms with Gasteiger partial charge in [-0.2, -0.15) is 0 Å². The summed E-state index contributed by atoms with van der Waals surface area (Å²) in [6.45, 7) is 3.67. The molecule has 0 rings (SSSR count). The van der Waals surface area contributed by atoms with E-state index >= 15 is 0 Å². The van der Waals surface area contributed by atoms with Gasteiger partial charge >= 0.3 is 11.9 Å². The molecule has 0 saturated heterocycles. The maximum Gasteiger partial charge on any atom is 0.331 e. The van der Waals surface area contributed by atoms with Crippen molar-refractivity contribution in [3.05, 3.63) is 11.6 Å². The second-order valence-electron chi connectivity index (χ2n) is 2.65. The number of ether oxygens (including phenoxy) is 1. The van der Waals surface area contributed by atoms with Crippen LogP contribution in [0.25, 0.3) is 0 Å². The number of rotatable bonds is 5. The normalized spacial score (nSPS) is 11.1. The Balaban J connectivity index is 3.86. The first kappa shape index (κ1) is 11.7. The quantitative estimate of drug-likeness (QED) is 0.400. The molecule has 0 aliphatic heterocycles. The van der Waals surface area contributed by atoms with Crippen LogP contribution in [0.4, 0.5) is 0 Å². The second-order valence-corrected chi connectivity index (χ2v) is 2.65. The highest BCUT2D eigenvalue weighted by atomic mass is 16.5. The van der Waals surface area contributed by atoms with Gasteiger partial charge in [-0.05, 0) is 13.3 Å². The lowest BCUT2D eigenvalue weighted by molar-refractivity contribution is -0.139. The third-order valence-electron chi connectivity index (χ3n) is 1.41. The average Bonchev–Trinajstić information content (AvgIpc) is 2.04.